The Bertz CT molecular complexity index is 954. The summed E-state index contributed by atoms with van der Waals surface area (Å²) in [4.78, 5) is 24.1. The van der Waals surface area contributed by atoms with Gasteiger partial charge in [-0.2, -0.15) is 0 Å². The number of esters is 2. The van der Waals surface area contributed by atoms with E-state index in [9.17, 15) is 9.59 Å². The summed E-state index contributed by atoms with van der Waals surface area (Å²) in [5.41, 5.74) is 12.8. The third-order valence-corrected chi connectivity index (χ3v) is 5.75. The van der Waals surface area contributed by atoms with Crippen molar-refractivity contribution in [1.29, 1.82) is 0 Å². The number of hydrogen-bond donors (Lipinski definition) is 2. The molecule has 8 nitrogen and oxygen atoms in total. The Morgan fingerprint density at radius 2 is 0.925 bits per heavy atom. The molecule has 0 spiro atoms. The Labute approximate surface area is 239 Å². The molecule has 0 aliphatic carbocycles. The topological polar surface area (TPSA) is 123 Å². The van der Waals surface area contributed by atoms with Gasteiger partial charge in [-0.3, -0.25) is 9.59 Å². The van der Waals surface area contributed by atoms with Gasteiger partial charge in [-0.05, 0) is 115 Å². The monoisotopic (exact) mass is 556 g/mol. The maximum absolute atomic E-state index is 12.1. The largest absolute Gasteiger partial charge is 0.494 e. The normalized spacial score (nSPS) is 13.3. The van der Waals surface area contributed by atoms with Crippen LogP contribution in [0.3, 0.4) is 0 Å². The van der Waals surface area contributed by atoms with Crippen molar-refractivity contribution >= 4 is 11.9 Å². The first-order valence-corrected chi connectivity index (χ1v) is 14.1. The quantitative estimate of drug-likeness (QED) is 0.229. The van der Waals surface area contributed by atoms with Crippen molar-refractivity contribution in [3.8, 4) is 11.5 Å². The summed E-state index contributed by atoms with van der Waals surface area (Å²) in [5, 5.41) is 0. The van der Waals surface area contributed by atoms with Gasteiger partial charge in [0, 0.05) is 0 Å². The highest BCUT2D eigenvalue weighted by Gasteiger charge is 2.23. The lowest BCUT2D eigenvalue weighted by Gasteiger charge is -2.22. The summed E-state index contributed by atoms with van der Waals surface area (Å²) in [6.45, 7) is 12.2. The van der Waals surface area contributed by atoms with Crippen LogP contribution in [0.25, 0.3) is 0 Å². The van der Waals surface area contributed by atoms with Gasteiger partial charge in [-0.15, -0.1) is 0 Å². The van der Waals surface area contributed by atoms with Crippen LogP contribution in [-0.2, 0) is 31.9 Å². The van der Waals surface area contributed by atoms with E-state index in [0.717, 1.165) is 48.3 Å². The fourth-order valence-electron chi connectivity index (χ4n) is 3.81. The average molecular weight is 557 g/mol. The maximum Gasteiger partial charge on any atom is 0.323 e. The van der Waals surface area contributed by atoms with Crippen molar-refractivity contribution in [2.24, 2.45) is 11.5 Å². The molecule has 0 heterocycles. The fourth-order valence-corrected chi connectivity index (χ4v) is 3.81. The first-order chi connectivity index (χ1) is 18.7. The molecule has 40 heavy (non-hydrogen) atoms. The van der Waals surface area contributed by atoms with Crippen LogP contribution in [0, 0.1) is 0 Å². The van der Waals surface area contributed by atoms with E-state index in [0.29, 0.717) is 26.1 Å². The number of unbranched alkanes of at least 4 members (excludes halogenated alkanes) is 3. The Hall–Kier alpha value is -3.10. The summed E-state index contributed by atoms with van der Waals surface area (Å²) < 4.78 is 22.4. The smallest absolute Gasteiger partial charge is 0.323 e. The second-order valence-corrected chi connectivity index (χ2v) is 12.1. The lowest BCUT2D eigenvalue weighted by Crippen LogP contribution is -2.38. The zero-order chi connectivity index (χ0) is 29.8. The van der Waals surface area contributed by atoms with Crippen molar-refractivity contribution in [3.05, 3.63) is 59.7 Å². The molecule has 0 fully saturated rings. The average Bonchev–Trinajstić information content (AvgIpc) is 2.85. The van der Waals surface area contributed by atoms with Crippen LogP contribution in [0.2, 0.25) is 0 Å². The molecule has 2 aromatic carbocycles. The van der Waals surface area contributed by atoms with Gasteiger partial charge in [-0.1, -0.05) is 24.3 Å². The van der Waals surface area contributed by atoms with Crippen LogP contribution in [0.1, 0.15) is 78.4 Å². The Kier molecular flexibility index (Phi) is 12.9. The summed E-state index contributed by atoms with van der Waals surface area (Å²) >= 11 is 0. The molecular formula is C32H48N2O6. The van der Waals surface area contributed by atoms with E-state index in [1.165, 1.54) is 0 Å². The lowest BCUT2D eigenvalue weighted by molar-refractivity contribution is -0.157. The summed E-state index contributed by atoms with van der Waals surface area (Å²) in [7, 11) is 0. The minimum Gasteiger partial charge on any atom is -0.494 e. The SMILES string of the molecule is CC(C)(C)OC(=O)C(N)Cc1ccc(OCCCCCCOc2ccc(CC(N)C(=O)OC(C)(C)C)cc2)cc1. The molecule has 0 aliphatic rings. The van der Waals surface area contributed by atoms with Crippen molar-refractivity contribution in [1.82, 2.24) is 0 Å². The molecule has 2 rings (SSSR count). The predicted octanol–water partition coefficient (Wildman–Crippen LogP) is 5.13. The van der Waals surface area contributed by atoms with E-state index < -0.39 is 35.2 Å². The molecule has 0 saturated carbocycles. The minimum absolute atomic E-state index is 0.395. The molecule has 0 radical (unpaired) electrons. The zero-order valence-corrected chi connectivity index (χ0v) is 25.0. The highest BCUT2D eigenvalue weighted by Crippen LogP contribution is 2.17. The lowest BCUT2D eigenvalue weighted by atomic mass is 10.1. The number of carbonyl (C=O) groups is 2. The highest BCUT2D eigenvalue weighted by molar-refractivity contribution is 5.76. The number of benzene rings is 2. The Morgan fingerprint density at radius 1 is 0.600 bits per heavy atom. The van der Waals surface area contributed by atoms with E-state index in [1.54, 1.807) is 0 Å². The third-order valence-electron chi connectivity index (χ3n) is 5.75. The maximum atomic E-state index is 12.1. The van der Waals surface area contributed by atoms with Gasteiger partial charge in [0.1, 0.15) is 34.8 Å². The number of rotatable bonds is 15. The number of hydrogen-bond acceptors (Lipinski definition) is 8. The van der Waals surface area contributed by atoms with Gasteiger partial charge in [0.2, 0.25) is 0 Å². The second-order valence-electron chi connectivity index (χ2n) is 12.1. The van der Waals surface area contributed by atoms with Crippen LogP contribution in [0.5, 0.6) is 11.5 Å². The molecule has 0 amide bonds. The summed E-state index contributed by atoms with van der Waals surface area (Å²) in [5.74, 6) is 0.809. The highest BCUT2D eigenvalue weighted by atomic mass is 16.6. The molecular weight excluding hydrogens is 508 g/mol. The van der Waals surface area contributed by atoms with Crippen LogP contribution >= 0.6 is 0 Å². The minimum atomic E-state index is -0.691. The molecule has 8 heteroatoms. The van der Waals surface area contributed by atoms with Crippen molar-refractivity contribution < 1.29 is 28.5 Å². The molecule has 0 saturated heterocycles. The van der Waals surface area contributed by atoms with Crippen LogP contribution in [0.4, 0.5) is 0 Å². The second kappa shape index (κ2) is 15.6. The standard InChI is InChI=1S/C32H48N2O6/c1-31(2,3)39-29(35)27(33)21-23-11-15-25(16-12-23)37-19-9-7-8-10-20-38-26-17-13-24(14-18-26)22-28(34)30(36)40-32(4,5)6/h11-18,27-28H,7-10,19-22,33-34H2,1-6H3. The van der Waals surface area contributed by atoms with Crippen molar-refractivity contribution in [2.45, 2.75) is 103 Å². The first-order valence-electron chi connectivity index (χ1n) is 14.1. The molecule has 2 aromatic rings. The van der Waals surface area contributed by atoms with Gasteiger partial charge in [0.25, 0.3) is 0 Å². The number of ether oxygens (including phenoxy) is 4. The third kappa shape index (κ3) is 13.8. The first kappa shape index (κ1) is 33.1. The summed E-state index contributed by atoms with van der Waals surface area (Å²) in [6.07, 6.45) is 4.85. The van der Waals surface area contributed by atoms with Gasteiger partial charge in [0.15, 0.2) is 0 Å². The summed E-state index contributed by atoms with van der Waals surface area (Å²) in [6, 6.07) is 14.0. The molecule has 0 bridgehead atoms. The Balaban J connectivity index is 1.57. The van der Waals surface area contributed by atoms with E-state index in [2.05, 4.69) is 0 Å². The van der Waals surface area contributed by atoms with Gasteiger partial charge >= 0.3 is 11.9 Å². The zero-order valence-electron chi connectivity index (χ0n) is 25.0. The fraction of sp³-hybridized carbons (Fsp3) is 0.562. The van der Waals surface area contributed by atoms with Gasteiger partial charge in [0.05, 0.1) is 13.2 Å². The molecule has 2 unspecified atom stereocenters. The van der Waals surface area contributed by atoms with Crippen LogP contribution in [-0.4, -0.2) is 48.4 Å². The van der Waals surface area contributed by atoms with E-state index in [-0.39, 0.29) is 0 Å². The van der Waals surface area contributed by atoms with E-state index in [1.807, 2.05) is 90.1 Å². The van der Waals surface area contributed by atoms with E-state index >= 15 is 0 Å². The van der Waals surface area contributed by atoms with E-state index in [4.69, 9.17) is 30.4 Å². The molecule has 2 atom stereocenters. The molecule has 4 N–H and O–H groups in total. The molecule has 0 aliphatic heterocycles. The number of carbonyl (C=O) groups excluding carboxylic acids is 2. The van der Waals surface area contributed by atoms with Crippen molar-refractivity contribution in [2.75, 3.05) is 13.2 Å². The number of nitrogens with two attached hydrogens (primary N) is 2. The van der Waals surface area contributed by atoms with Gasteiger partial charge < -0.3 is 30.4 Å². The van der Waals surface area contributed by atoms with Crippen molar-refractivity contribution in [3.63, 3.8) is 0 Å². The predicted molar refractivity (Wildman–Crippen MR) is 157 cm³/mol. The molecule has 0 aromatic heterocycles. The van der Waals surface area contributed by atoms with Gasteiger partial charge in [-0.25, -0.2) is 0 Å². The van der Waals surface area contributed by atoms with Crippen LogP contribution < -0.4 is 20.9 Å². The van der Waals surface area contributed by atoms with Crippen LogP contribution in [0.15, 0.2) is 48.5 Å². The molecule has 222 valence electrons. The Morgan fingerprint density at radius 3 is 1.23 bits per heavy atom.